The number of pyridine rings is 1. The van der Waals surface area contributed by atoms with E-state index in [9.17, 15) is 14.1 Å². The molecule has 13 nitrogen and oxygen atoms in total. The number of nitrogens with one attached hydrogen (secondary N) is 5. The summed E-state index contributed by atoms with van der Waals surface area (Å²) in [6.45, 7) is 10.2. The molecule has 8 rings (SSSR count). The molecule has 3 saturated heterocycles. The van der Waals surface area contributed by atoms with Crippen molar-refractivity contribution in [3.8, 4) is 23.0 Å². The summed E-state index contributed by atoms with van der Waals surface area (Å²) in [6.07, 6.45) is 6.66. The van der Waals surface area contributed by atoms with Crippen LogP contribution in [0.5, 0.6) is 23.0 Å². The van der Waals surface area contributed by atoms with E-state index in [1.165, 1.54) is 7.11 Å². The summed E-state index contributed by atoms with van der Waals surface area (Å²) in [7, 11) is 3.09. The van der Waals surface area contributed by atoms with Crippen LogP contribution >= 0.6 is 0 Å². The van der Waals surface area contributed by atoms with Crippen molar-refractivity contribution in [1.82, 2.24) is 15.2 Å². The van der Waals surface area contributed by atoms with Crippen LogP contribution in [0.15, 0.2) is 85.1 Å². The molecule has 3 amide bonds. The third-order valence-corrected chi connectivity index (χ3v) is 11.5. The van der Waals surface area contributed by atoms with Crippen molar-refractivity contribution in [1.29, 1.82) is 0 Å². The quantitative estimate of drug-likeness (QED) is 0.0635. The fraction of sp³-hybridized carbons (Fsp3) is 0.341. The van der Waals surface area contributed by atoms with E-state index < -0.39 is 17.4 Å². The van der Waals surface area contributed by atoms with E-state index in [4.69, 9.17) is 14.2 Å². The number of benzene rings is 4. The molecule has 3 aliphatic rings. The van der Waals surface area contributed by atoms with Gasteiger partial charge in [0.15, 0.2) is 12.0 Å². The predicted octanol–water partition coefficient (Wildman–Crippen LogP) is 8.99. The number of methoxy groups -OCH3 is 2. The van der Waals surface area contributed by atoms with Crippen LogP contribution in [0.2, 0.25) is 0 Å². The molecule has 58 heavy (non-hydrogen) atoms. The summed E-state index contributed by atoms with van der Waals surface area (Å²) in [5.74, 6) is 2.41. The molecule has 4 heterocycles. The van der Waals surface area contributed by atoms with E-state index in [-0.39, 0.29) is 16.7 Å². The molecule has 0 aliphatic carbocycles. The first-order chi connectivity index (χ1) is 27.8. The SMILES string of the molecule is COc1cc(Nc2cc(Oc3ccc(NC(=O)Nc4cc(C(C)(C)C)cc(N[S+](C)O)c4OC)c4ccccc34)ccn2)ccc1C(=O)NCC12CCN(CC1)CC2. The van der Waals surface area contributed by atoms with Crippen LogP contribution in [0.4, 0.5) is 33.4 Å². The molecular weight excluding hydrogens is 755 g/mol. The number of hydrogen-bond donors (Lipinski definition) is 6. The molecule has 2 bridgehead atoms. The average molecular weight is 807 g/mol. The van der Waals surface area contributed by atoms with Gasteiger partial charge in [0, 0.05) is 41.3 Å². The van der Waals surface area contributed by atoms with Gasteiger partial charge in [-0.3, -0.25) is 4.79 Å². The smallest absolute Gasteiger partial charge is 0.323 e. The highest BCUT2D eigenvalue weighted by atomic mass is 32.2. The molecule has 1 aromatic heterocycles. The maximum atomic E-state index is 13.5. The fourth-order valence-corrected chi connectivity index (χ4v) is 8.12. The van der Waals surface area contributed by atoms with Gasteiger partial charge in [-0.05, 0) is 97.8 Å². The lowest BCUT2D eigenvalue weighted by molar-refractivity contribution is 0.0262. The van der Waals surface area contributed by atoms with Gasteiger partial charge in [0.2, 0.25) is 0 Å². The molecule has 3 fully saturated rings. The molecule has 4 aromatic carbocycles. The minimum absolute atomic E-state index is 0.139. The van der Waals surface area contributed by atoms with Crippen LogP contribution in [-0.4, -0.2) is 73.0 Å². The summed E-state index contributed by atoms with van der Waals surface area (Å²) in [5, 5.41) is 14.0. The molecular formula is C44H52N7O6S+. The number of rotatable bonds is 13. The molecule has 304 valence electrons. The number of hydrogen-bond acceptors (Lipinski definition) is 10. The van der Waals surface area contributed by atoms with Crippen molar-refractivity contribution >= 4 is 62.6 Å². The molecule has 0 spiro atoms. The molecule has 5 aromatic rings. The van der Waals surface area contributed by atoms with Gasteiger partial charge in [-0.25, -0.2) is 9.78 Å². The van der Waals surface area contributed by atoms with Crippen LogP contribution < -0.4 is 40.2 Å². The third-order valence-electron chi connectivity index (χ3n) is 11.0. The van der Waals surface area contributed by atoms with E-state index >= 15 is 0 Å². The number of aromatic nitrogens is 1. The molecule has 1 atom stereocenters. The maximum absolute atomic E-state index is 13.5. The van der Waals surface area contributed by atoms with Gasteiger partial charge < -0.3 is 40.4 Å². The number of carbonyl (C=O) groups is 2. The van der Waals surface area contributed by atoms with Crippen molar-refractivity contribution in [2.75, 3.05) is 67.3 Å². The fourth-order valence-electron chi connectivity index (χ4n) is 7.65. The van der Waals surface area contributed by atoms with E-state index in [1.807, 2.05) is 48.5 Å². The van der Waals surface area contributed by atoms with Crippen LogP contribution in [-0.2, 0) is 16.8 Å². The minimum Gasteiger partial charge on any atom is -0.496 e. The van der Waals surface area contributed by atoms with Gasteiger partial charge in [-0.2, -0.15) is 9.27 Å². The normalized spacial score (nSPS) is 17.9. The van der Waals surface area contributed by atoms with Crippen molar-refractivity contribution in [3.05, 3.63) is 96.2 Å². The third kappa shape index (κ3) is 9.20. The van der Waals surface area contributed by atoms with Crippen LogP contribution in [0, 0.1) is 5.41 Å². The van der Waals surface area contributed by atoms with E-state index in [1.54, 1.807) is 49.9 Å². The first-order valence-corrected chi connectivity index (χ1v) is 21.0. The Hall–Kier alpha value is -5.70. The second-order valence-electron chi connectivity index (χ2n) is 16.0. The molecule has 14 heteroatoms. The largest absolute Gasteiger partial charge is 0.496 e. The van der Waals surface area contributed by atoms with Gasteiger partial charge in [0.1, 0.15) is 28.8 Å². The molecule has 1 unspecified atom stereocenters. The lowest BCUT2D eigenvalue weighted by Gasteiger charge is -2.48. The zero-order valence-corrected chi connectivity index (χ0v) is 34.6. The lowest BCUT2D eigenvalue weighted by atomic mass is 9.72. The van der Waals surface area contributed by atoms with Gasteiger partial charge in [0.25, 0.3) is 17.3 Å². The highest BCUT2D eigenvalue weighted by Gasteiger charge is 2.39. The number of anilines is 5. The van der Waals surface area contributed by atoms with Crippen molar-refractivity contribution in [2.45, 2.75) is 45.4 Å². The van der Waals surface area contributed by atoms with Gasteiger partial charge in [-0.1, -0.05) is 45.0 Å². The number of urea groups is 1. The Morgan fingerprint density at radius 1 is 0.845 bits per heavy atom. The summed E-state index contributed by atoms with van der Waals surface area (Å²) in [4.78, 5) is 33.8. The van der Waals surface area contributed by atoms with E-state index in [0.717, 1.165) is 55.2 Å². The second-order valence-corrected chi connectivity index (χ2v) is 17.1. The Labute approximate surface area is 342 Å². The van der Waals surface area contributed by atoms with Gasteiger partial charge in [0.05, 0.1) is 31.2 Å². The molecule has 6 N–H and O–H groups in total. The highest BCUT2D eigenvalue weighted by Crippen LogP contribution is 2.41. The number of fused-ring (bicyclic) bond motifs is 4. The Morgan fingerprint density at radius 2 is 1.55 bits per heavy atom. The van der Waals surface area contributed by atoms with E-state index in [0.29, 0.717) is 63.7 Å². The summed E-state index contributed by atoms with van der Waals surface area (Å²) in [5.41, 5.74) is 3.71. The van der Waals surface area contributed by atoms with Gasteiger partial charge in [-0.15, -0.1) is 0 Å². The first kappa shape index (κ1) is 40.5. The minimum atomic E-state index is -1.11. The topological polar surface area (TPSA) is 158 Å². The molecule has 0 radical (unpaired) electrons. The zero-order chi connectivity index (χ0) is 41.0. The van der Waals surface area contributed by atoms with Crippen molar-refractivity contribution < 1.29 is 28.4 Å². The number of nitrogens with zero attached hydrogens (tertiary/aromatic N) is 2. The highest BCUT2D eigenvalue weighted by molar-refractivity contribution is 7.92. The Bertz CT molecular complexity index is 2290. The lowest BCUT2D eigenvalue weighted by Crippen LogP contribution is -2.52. The Balaban J connectivity index is 1.04. The van der Waals surface area contributed by atoms with Crippen LogP contribution in [0.25, 0.3) is 10.8 Å². The summed E-state index contributed by atoms with van der Waals surface area (Å²) >= 11 is -1.11. The predicted molar refractivity (Wildman–Crippen MR) is 233 cm³/mol. The molecule has 3 aliphatic heterocycles. The van der Waals surface area contributed by atoms with Crippen LogP contribution in [0.1, 0.15) is 56.0 Å². The Morgan fingerprint density at radius 3 is 2.24 bits per heavy atom. The standard InChI is InChI=1S/C44H51N7O6S/c1-43(2,3)28-23-35(40(56-5)36(24-28)50-58(6)54)49-42(53)48-34-13-14-37(32-10-8-7-9-31(32)34)57-30-15-19-45-39(26-30)47-29-11-12-33(38(25-29)55-4)41(52)46-27-44-16-20-51(21-17-44)22-18-44/h7-15,19,23-26,50,54H,16-18,20-22,27H2,1-6H3,(H3-,45,46,47,48,49,52,53)/p+1. The zero-order valence-electron chi connectivity index (χ0n) is 33.8. The Kier molecular flexibility index (Phi) is 11.9. The molecule has 0 saturated carbocycles. The van der Waals surface area contributed by atoms with Crippen molar-refractivity contribution in [3.63, 3.8) is 0 Å². The number of ether oxygens (including phenoxy) is 3. The summed E-state index contributed by atoms with van der Waals surface area (Å²) in [6, 6.07) is 23.6. The first-order valence-electron chi connectivity index (χ1n) is 19.4. The van der Waals surface area contributed by atoms with Crippen molar-refractivity contribution in [2.24, 2.45) is 5.41 Å². The number of piperidine rings is 3. The maximum Gasteiger partial charge on any atom is 0.323 e. The number of amides is 3. The summed E-state index contributed by atoms with van der Waals surface area (Å²) < 4.78 is 30.9. The van der Waals surface area contributed by atoms with Gasteiger partial charge >= 0.3 is 6.03 Å². The van der Waals surface area contributed by atoms with E-state index in [2.05, 4.69) is 56.6 Å². The average Bonchev–Trinajstić information content (AvgIpc) is 3.21. The number of carbonyl (C=O) groups excluding carboxylic acids is 2. The van der Waals surface area contributed by atoms with Crippen LogP contribution in [0.3, 0.4) is 0 Å². The monoisotopic (exact) mass is 806 g/mol. The second kappa shape index (κ2) is 17.0.